The van der Waals surface area contributed by atoms with E-state index in [0.29, 0.717) is 5.92 Å². The van der Waals surface area contributed by atoms with E-state index >= 15 is 0 Å². The number of nitrogens with zero attached hydrogens (tertiary/aromatic N) is 1. The van der Waals surface area contributed by atoms with Gasteiger partial charge in [-0.25, -0.2) is 0 Å². The predicted octanol–water partition coefficient (Wildman–Crippen LogP) is 0.587. The second-order valence-corrected chi connectivity index (χ2v) is 7.76. The van der Waals surface area contributed by atoms with Crippen molar-refractivity contribution in [1.82, 2.24) is 10.2 Å². The third-order valence-electron chi connectivity index (χ3n) is 6.10. The molecule has 0 aromatic carbocycles. The van der Waals surface area contributed by atoms with Gasteiger partial charge in [0.15, 0.2) is 0 Å². The Kier molecular flexibility index (Phi) is 3.79. The molecule has 2 aliphatic heterocycles. The molecule has 0 aromatic rings. The monoisotopic (exact) mass is 295 g/mol. The molecule has 5 nitrogen and oxygen atoms in total. The minimum absolute atomic E-state index is 0.0208. The topological polar surface area (TPSA) is 67.6 Å². The molecule has 4 atom stereocenters. The van der Waals surface area contributed by atoms with Gasteiger partial charge in [-0.3, -0.25) is 4.79 Å². The summed E-state index contributed by atoms with van der Waals surface area (Å²) in [5.74, 6) is 0.754. The van der Waals surface area contributed by atoms with Crippen LogP contribution in [0.3, 0.4) is 0 Å². The number of carbonyl (C=O) groups is 1. The van der Waals surface area contributed by atoms with Gasteiger partial charge in [-0.05, 0) is 38.8 Å². The molecule has 2 heterocycles. The van der Waals surface area contributed by atoms with Gasteiger partial charge >= 0.3 is 0 Å². The maximum Gasteiger partial charge on any atom is 0.241 e. The van der Waals surface area contributed by atoms with E-state index in [1.165, 1.54) is 19.4 Å². The van der Waals surface area contributed by atoms with E-state index in [4.69, 9.17) is 10.5 Å². The van der Waals surface area contributed by atoms with Crippen molar-refractivity contribution >= 4 is 5.91 Å². The van der Waals surface area contributed by atoms with Gasteiger partial charge in [0.1, 0.15) is 5.54 Å². The number of fused-ring (bicyclic) bond motifs is 1. The molecule has 2 saturated heterocycles. The Balaban J connectivity index is 1.60. The summed E-state index contributed by atoms with van der Waals surface area (Å²) in [6.07, 6.45) is 3.47. The fraction of sp³-hybridized carbons (Fsp3) is 0.938. The van der Waals surface area contributed by atoms with E-state index in [2.05, 4.69) is 31.1 Å². The Morgan fingerprint density at radius 1 is 1.43 bits per heavy atom. The normalized spacial score (nSPS) is 42.2. The van der Waals surface area contributed by atoms with E-state index in [9.17, 15) is 4.79 Å². The van der Waals surface area contributed by atoms with E-state index in [0.717, 1.165) is 26.1 Å². The average molecular weight is 295 g/mol. The number of carbonyl (C=O) groups excluding carboxylic acids is 1. The first-order chi connectivity index (χ1) is 9.87. The van der Waals surface area contributed by atoms with Crippen LogP contribution < -0.4 is 11.1 Å². The Labute approximate surface area is 127 Å². The van der Waals surface area contributed by atoms with Crippen molar-refractivity contribution in [2.24, 2.45) is 23.0 Å². The predicted molar refractivity (Wildman–Crippen MR) is 81.8 cm³/mol. The van der Waals surface area contributed by atoms with Crippen LogP contribution in [0.15, 0.2) is 0 Å². The number of nitrogens with one attached hydrogen (secondary N) is 1. The van der Waals surface area contributed by atoms with Gasteiger partial charge in [-0.2, -0.15) is 0 Å². The zero-order valence-corrected chi connectivity index (χ0v) is 13.5. The van der Waals surface area contributed by atoms with Gasteiger partial charge in [0, 0.05) is 31.0 Å². The molecule has 120 valence electrons. The van der Waals surface area contributed by atoms with Crippen LogP contribution in [0, 0.1) is 17.3 Å². The van der Waals surface area contributed by atoms with Crippen molar-refractivity contribution in [2.45, 2.75) is 44.8 Å². The molecule has 3 rings (SSSR count). The van der Waals surface area contributed by atoms with E-state index in [1.807, 2.05) is 0 Å². The summed E-state index contributed by atoms with van der Waals surface area (Å²) in [5, 5.41) is 3.14. The third-order valence-corrected chi connectivity index (χ3v) is 6.10. The number of likely N-dealkylation sites (tertiary alicyclic amines) is 1. The molecule has 3 aliphatic rings. The molecule has 3 N–H and O–H groups in total. The van der Waals surface area contributed by atoms with E-state index in [-0.39, 0.29) is 23.3 Å². The number of amides is 1. The Hall–Kier alpha value is -0.650. The maximum absolute atomic E-state index is 12.7. The molecule has 0 radical (unpaired) electrons. The lowest BCUT2D eigenvalue weighted by molar-refractivity contribution is -0.175. The van der Waals surface area contributed by atoms with Crippen LogP contribution in [0.4, 0.5) is 0 Å². The molecule has 5 heteroatoms. The third kappa shape index (κ3) is 2.21. The number of piperidine rings is 1. The zero-order chi connectivity index (χ0) is 15.3. The maximum atomic E-state index is 12.7. The highest BCUT2D eigenvalue weighted by Gasteiger charge is 2.71. The van der Waals surface area contributed by atoms with Gasteiger partial charge in [0.05, 0.1) is 6.10 Å². The lowest BCUT2D eigenvalue weighted by atomic mass is 9.48. The van der Waals surface area contributed by atoms with Crippen LogP contribution in [0.25, 0.3) is 0 Å². The van der Waals surface area contributed by atoms with Crippen molar-refractivity contribution < 1.29 is 9.53 Å². The first-order valence-corrected chi connectivity index (χ1v) is 8.24. The molecule has 21 heavy (non-hydrogen) atoms. The number of rotatable bonds is 3. The smallest absolute Gasteiger partial charge is 0.241 e. The lowest BCUT2D eigenvalue weighted by Gasteiger charge is -2.60. The summed E-state index contributed by atoms with van der Waals surface area (Å²) in [7, 11) is 2.15. The first kappa shape index (κ1) is 15.3. The first-order valence-electron chi connectivity index (χ1n) is 8.24. The number of nitrogens with two attached hydrogens (primary N) is 1. The minimum atomic E-state index is -0.769. The molecule has 0 bridgehead atoms. The standard InChI is InChI=1S/C16H29N3O2/c1-15(2)13-12(6-8-21-13)16(15,17)14(20)18-9-11-5-4-7-19(3)10-11/h11-13H,4-10,17H2,1-3H3,(H,18,20). The number of ether oxygens (including phenoxy) is 1. The summed E-state index contributed by atoms with van der Waals surface area (Å²) < 4.78 is 5.75. The largest absolute Gasteiger partial charge is 0.377 e. The van der Waals surface area contributed by atoms with Crippen LogP contribution in [-0.2, 0) is 9.53 Å². The fourth-order valence-corrected chi connectivity index (χ4v) is 4.67. The van der Waals surface area contributed by atoms with E-state index < -0.39 is 5.54 Å². The van der Waals surface area contributed by atoms with Crippen LogP contribution in [0.1, 0.15) is 33.1 Å². The van der Waals surface area contributed by atoms with E-state index in [1.54, 1.807) is 0 Å². The number of hydrogen-bond donors (Lipinski definition) is 2. The second kappa shape index (κ2) is 5.21. The molecule has 3 fully saturated rings. The highest BCUT2D eigenvalue weighted by Crippen LogP contribution is 2.58. The molecule has 1 amide bonds. The van der Waals surface area contributed by atoms with Crippen molar-refractivity contribution in [3.8, 4) is 0 Å². The summed E-state index contributed by atoms with van der Waals surface area (Å²) in [5.41, 5.74) is 5.50. The summed E-state index contributed by atoms with van der Waals surface area (Å²) in [4.78, 5) is 15.1. The Bertz CT molecular complexity index is 426. The molecular formula is C16H29N3O2. The fourth-order valence-electron chi connectivity index (χ4n) is 4.67. The zero-order valence-electron chi connectivity index (χ0n) is 13.5. The minimum Gasteiger partial charge on any atom is -0.377 e. The molecule has 1 saturated carbocycles. The lowest BCUT2D eigenvalue weighted by Crippen LogP contribution is -2.80. The second-order valence-electron chi connectivity index (χ2n) is 7.76. The van der Waals surface area contributed by atoms with Gasteiger partial charge < -0.3 is 20.7 Å². The van der Waals surface area contributed by atoms with Crippen molar-refractivity contribution in [2.75, 3.05) is 33.3 Å². The highest BCUT2D eigenvalue weighted by atomic mass is 16.5. The van der Waals surface area contributed by atoms with Gasteiger partial charge in [-0.15, -0.1) is 0 Å². The Morgan fingerprint density at radius 3 is 2.90 bits per heavy atom. The van der Waals surface area contributed by atoms with Crippen LogP contribution >= 0.6 is 0 Å². The van der Waals surface area contributed by atoms with Gasteiger partial charge in [0.25, 0.3) is 0 Å². The summed E-state index contributed by atoms with van der Waals surface area (Å²) in [6.45, 7) is 7.84. The SMILES string of the molecule is CN1CCCC(CNC(=O)C2(N)C3CCOC3C2(C)C)C1. The number of hydrogen-bond acceptors (Lipinski definition) is 4. The van der Waals surface area contributed by atoms with Crippen LogP contribution in [0.2, 0.25) is 0 Å². The van der Waals surface area contributed by atoms with Gasteiger partial charge in [0.2, 0.25) is 5.91 Å². The molecule has 0 spiro atoms. The average Bonchev–Trinajstić information content (AvgIpc) is 2.92. The van der Waals surface area contributed by atoms with Crippen molar-refractivity contribution in [1.29, 1.82) is 0 Å². The van der Waals surface area contributed by atoms with Gasteiger partial charge in [-0.1, -0.05) is 13.8 Å². The molecule has 4 unspecified atom stereocenters. The van der Waals surface area contributed by atoms with Crippen LogP contribution in [-0.4, -0.2) is 55.7 Å². The highest BCUT2D eigenvalue weighted by molar-refractivity contribution is 5.89. The van der Waals surface area contributed by atoms with Crippen molar-refractivity contribution in [3.63, 3.8) is 0 Å². The van der Waals surface area contributed by atoms with Crippen molar-refractivity contribution in [3.05, 3.63) is 0 Å². The molecule has 1 aliphatic carbocycles. The molecular weight excluding hydrogens is 266 g/mol. The molecule has 0 aromatic heterocycles. The summed E-state index contributed by atoms with van der Waals surface area (Å²) >= 11 is 0. The van der Waals surface area contributed by atoms with Crippen LogP contribution in [0.5, 0.6) is 0 Å². The Morgan fingerprint density at radius 2 is 2.19 bits per heavy atom. The quantitative estimate of drug-likeness (QED) is 0.799. The summed E-state index contributed by atoms with van der Waals surface area (Å²) in [6, 6.07) is 0.